The molecule has 22 heavy (non-hydrogen) atoms. The molecule has 3 rings (SSSR count). The van der Waals surface area contributed by atoms with Crippen LogP contribution in [0.1, 0.15) is 11.1 Å². The number of methoxy groups -OCH3 is 1. The van der Waals surface area contributed by atoms with Gasteiger partial charge >= 0.3 is 0 Å². The van der Waals surface area contributed by atoms with E-state index >= 15 is 0 Å². The van der Waals surface area contributed by atoms with Gasteiger partial charge in [-0.05, 0) is 49.9 Å². The minimum Gasteiger partial charge on any atom is -0.497 e. The van der Waals surface area contributed by atoms with Crippen LogP contribution >= 0.6 is 42.8 Å². The van der Waals surface area contributed by atoms with E-state index in [9.17, 15) is 0 Å². The number of thiophene rings is 1. The molecular formula is C17H16OS4. The Kier molecular flexibility index (Phi) is 6.01. The van der Waals surface area contributed by atoms with Gasteiger partial charge in [0.2, 0.25) is 0 Å². The predicted octanol–water partition coefficient (Wildman–Crippen LogP) is 6.64. The first-order valence-corrected chi connectivity index (χ1v) is 11.6. The van der Waals surface area contributed by atoms with Crippen molar-refractivity contribution in [1.29, 1.82) is 0 Å². The molecule has 0 spiro atoms. The molecule has 0 aliphatic rings. The van der Waals surface area contributed by atoms with Gasteiger partial charge in [-0.3, -0.25) is 0 Å². The summed E-state index contributed by atoms with van der Waals surface area (Å²) in [5.74, 6) is 3.00. The van der Waals surface area contributed by atoms with E-state index in [0.717, 1.165) is 17.3 Å². The number of fused-ring (bicyclic) bond motifs is 1. The maximum Gasteiger partial charge on any atom is 0.118 e. The van der Waals surface area contributed by atoms with Crippen LogP contribution in [0.25, 0.3) is 10.1 Å². The van der Waals surface area contributed by atoms with Gasteiger partial charge in [-0.2, -0.15) is 0 Å². The van der Waals surface area contributed by atoms with E-state index in [4.69, 9.17) is 4.74 Å². The molecule has 1 heterocycles. The van der Waals surface area contributed by atoms with E-state index in [0.29, 0.717) is 0 Å². The maximum absolute atomic E-state index is 5.17. The summed E-state index contributed by atoms with van der Waals surface area (Å²) in [6.45, 7) is 0. The van der Waals surface area contributed by atoms with E-state index in [2.05, 4.69) is 41.8 Å². The van der Waals surface area contributed by atoms with Gasteiger partial charge in [0.05, 0.1) is 7.11 Å². The fourth-order valence-corrected chi connectivity index (χ4v) is 6.77. The smallest absolute Gasteiger partial charge is 0.118 e. The normalized spacial score (nSPS) is 11.0. The van der Waals surface area contributed by atoms with Crippen molar-refractivity contribution in [3.05, 3.63) is 65.0 Å². The molecule has 0 saturated heterocycles. The van der Waals surface area contributed by atoms with Crippen molar-refractivity contribution >= 4 is 52.8 Å². The highest BCUT2D eigenvalue weighted by molar-refractivity contribution is 9.09. The number of hydrogen-bond donors (Lipinski definition) is 0. The van der Waals surface area contributed by atoms with Crippen molar-refractivity contribution in [1.82, 2.24) is 0 Å². The number of hydrogen-bond acceptors (Lipinski definition) is 5. The molecule has 5 heteroatoms. The molecule has 2 aromatic carbocycles. The summed E-state index contributed by atoms with van der Waals surface area (Å²) in [6.07, 6.45) is 0. The molecule has 0 saturated carbocycles. The zero-order chi connectivity index (χ0) is 15.2. The summed E-state index contributed by atoms with van der Waals surface area (Å²) < 4.78 is 6.56. The van der Waals surface area contributed by atoms with E-state index in [-0.39, 0.29) is 0 Å². The standard InChI is InChI=1S/C17H16OS4/c1-18-15-8-6-13(7-9-15)10-20-22-21-12-14-11-19-17-5-3-2-4-16(14)17/h2-9,11H,10,12H2,1H3. The second kappa shape index (κ2) is 8.20. The van der Waals surface area contributed by atoms with Gasteiger partial charge in [0, 0.05) is 16.2 Å². The van der Waals surface area contributed by atoms with Gasteiger partial charge in [0.15, 0.2) is 0 Å². The Morgan fingerprint density at radius 3 is 2.55 bits per heavy atom. The molecule has 1 aromatic heterocycles. The van der Waals surface area contributed by atoms with Gasteiger partial charge < -0.3 is 4.74 Å². The highest BCUT2D eigenvalue weighted by Gasteiger charge is 2.04. The quantitative estimate of drug-likeness (QED) is 0.343. The monoisotopic (exact) mass is 364 g/mol. The van der Waals surface area contributed by atoms with Crippen LogP contribution in [0.2, 0.25) is 0 Å². The van der Waals surface area contributed by atoms with Crippen LogP contribution in [0.3, 0.4) is 0 Å². The fourth-order valence-electron chi connectivity index (χ4n) is 2.08. The van der Waals surface area contributed by atoms with Gasteiger partial charge in [-0.1, -0.05) is 51.9 Å². The third-order valence-corrected chi connectivity index (χ3v) is 8.36. The molecule has 0 aliphatic heterocycles. The van der Waals surface area contributed by atoms with Crippen molar-refractivity contribution in [3.8, 4) is 5.75 Å². The lowest BCUT2D eigenvalue weighted by Crippen LogP contribution is -1.83. The zero-order valence-corrected chi connectivity index (χ0v) is 15.4. The van der Waals surface area contributed by atoms with E-state index in [1.54, 1.807) is 7.11 Å². The van der Waals surface area contributed by atoms with E-state index in [1.807, 2.05) is 54.9 Å². The Labute approximate surface area is 146 Å². The van der Waals surface area contributed by atoms with Crippen LogP contribution in [-0.4, -0.2) is 7.11 Å². The first-order chi connectivity index (χ1) is 10.9. The lowest BCUT2D eigenvalue weighted by atomic mass is 10.2. The van der Waals surface area contributed by atoms with Crippen molar-refractivity contribution in [2.75, 3.05) is 7.11 Å². The molecule has 0 atom stereocenters. The number of benzene rings is 2. The third-order valence-electron chi connectivity index (χ3n) is 3.26. The molecule has 0 bridgehead atoms. The summed E-state index contributed by atoms with van der Waals surface area (Å²) in [6, 6.07) is 16.9. The Morgan fingerprint density at radius 2 is 1.73 bits per heavy atom. The summed E-state index contributed by atoms with van der Waals surface area (Å²) in [5, 5.41) is 3.69. The highest BCUT2D eigenvalue weighted by Crippen LogP contribution is 2.40. The second-order valence-corrected chi connectivity index (χ2v) is 9.84. The van der Waals surface area contributed by atoms with Crippen molar-refractivity contribution in [3.63, 3.8) is 0 Å². The minimum absolute atomic E-state index is 0.917. The van der Waals surface area contributed by atoms with Crippen LogP contribution in [0, 0.1) is 0 Å². The fraction of sp³-hybridized carbons (Fsp3) is 0.176. The Morgan fingerprint density at radius 1 is 0.955 bits per heavy atom. The molecule has 0 aliphatic carbocycles. The van der Waals surface area contributed by atoms with Crippen LogP contribution in [0.5, 0.6) is 5.75 Å². The van der Waals surface area contributed by atoms with Crippen molar-refractivity contribution in [2.45, 2.75) is 11.5 Å². The summed E-state index contributed by atoms with van der Waals surface area (Å²) in [4.78, 5) is 0. The molecule has 114 valence electrons. The zero-order valence-electron chi connectivity index (χ0n) is 12.2. The molecule has 0 amide bonds. The summed E-state index contributed by atoms with van der Waals surface area (Å²) >= 11 is 1.84. The molecule has 0 unspecified atom stereocenters. The lowest BCUT2D eigenvalue weighted by molar-refractivity contribution is 0.414. The SMILES string of the molecule is COc1ccc(CSSSCc2csc3ccccc23)cc1. The van der Waals surface area contributed by atoms with Crippen LogP contribution < -0.4 is 4.74 Å². The molecule has 3 aromatic rings. The van der Waals surface area contributed by atoms with Gasteiger partial charge in [-0.15, -0.1) is 11.3 Å². The summed E-state index contributed by atoms with van der Waals surface area (Å²) in [7, 11) is 7.37. The Hall–Kier alpha value is -0.750. The summed E-state index contributed by atoms with van der Waals surface area (Å²) in [5.41, 5.74) is 2.78. The van der Waals surface area contributed by atoms with Crippen LogP contribution in [0.4, 0.5) is 0 Å². The topological polar surface area (TPSA) is 9.23 Å². The largest absolute Gasteiger partial charge is 0.497 e. The van der Waals surface area contributed by atoms with Crippen molar-refractivity contribution < 1.29 is 4.74 Å². The molecule has 1 nitrogen and oxygen atoms in total. The molecule has 0 N–H and O–H groups in total. The van der Waals surface area contributed by atoms with Crippen LogP contribution in [0.15, 0.2) is 53.9 Å². The van der Waals surface area contributed by atoms with Crippen molar-refractivity contribution in [2.24, 2.45) is 0 Å². The number of ether oxygens (including phenoxy) is 1. The van der Waals surface area contributed by atoms with Gasteiger partial charge in [0.1, 0.15) is 5.75 Å². The molecule has 0 fully saturated rings. The molecular weight excluding hydrogens is 348 g/mol. The predicted molar refractivity (Wildman–Crippen MR) is 105 cm³/mol. The minimum atomic E-state index is 0.917. The molecule has 0 radical (unpaired) electrons. The lowest BCUT2D eigenvalue weighted by Gasteiger charge is -2.03. The average molecular weight is 365 g/mol. The Bertz CT molecular complexity index is 721. The van der Waals surface area contributed by atoms with Gasteiger partial charge in [0.25, 0.3) is 0 Å². The number of rotatable bonds is 7. The average Bonchev–Trinajstić information content (AvgIpc) is 2.98. The first-order valence-electron chi connectivity index (χ1n) is 6.86. The van der Waals surface area contributed by atoms with E-state index in [1.165, 1.54) is 21.2 Å². The highest BCUT2D eigenvalue weighted by atomic mass is 33.5. The van der Waals surface area contributed by atoms with E-state index < -0.39 is 0 Å². The Balaban J connectivity index is 1.43. The van der Waals surface area contributed by atoms with Gasteiger partial charge in [-0.25, -0.2) is 0 Å². The third kappa shape index (κ3) is 4.16. The first kappa shape index (κ1) is 16.1. The maximum atomic E-state index is 5.17. The van der Waals surface area contributed by atoms with Crippen LogP contribution in [-0.2, 0) is 11.5 Å². The second-order valence-electron chi connectivity index (χ2n) is 4.70.